The van der Waals surface area contributed by atoms with Crippen molar-refractivity contribution < 1.29 is 9.18 Å². The lowest BCUT2D eigenvalue weighted by molar-refractivity contribution is 0.212. The average molecular weight is 312 g/mol. The Morgan fingerprint density at radius 1 is 1.61 bits per heavy atom. The quantitative estimate of drug-likeness (QED) is 0.872. The zero-order valence-corrected chi connectivity index (χ0v) is 11.0. The highest BCUT2D eigenvalue weighted by Gasteiger charge is 2.35. The molecule has 0 aliphatic carbocycles. The lowest BCUT2D eigenvalue weighted by Gasteiger charge is -2.24. The van der Waals surface area contributed by atoms with Crippen LogP contribution in [0.1, 0.15) is 11.6 Å². The van der Waals surface area contributed by atoms with Crippen LogP contribution in [0.25, 0.3) is 0 Å². The highest BCUT2D eigenvalue weighted by atomic mass is 79.9. The lowest BCUT2D eigenvalue weighted by Crippen LogP contribution is -2.33. The molecule has 2 N–H and O–H groups in total. The molecule has 6 heteroatoms. The van der Waals surface area contributed by atoms with Crippen LogP contribution in [-0.4, -0.2) is 23.3 Å². The Morgan fingerprint density at radius 3 is 3.00 bits per heavy atom. The molecule has 1 aliphatic rings. The number of benzene rings is 1. The van der Waals surface area contributed by atoms with Gasteiger partial charge in [0.1, 0.15) is 17.7 Å². The number of amidine groups is 1. The maximum Gasteiger partial charge on any atom is 0.346 e. The standard InChI is InChI=1S/C12H11BrFN3O/c1-2-5-17-10(11(15)16-12(17)18)8-6-7(14)3-4-9(8)13/h2-4,6,10H,1,5H2,(H2,15,16,18). The second-order valence-electron chi connectivity index (χ2n) is 3.83. The highest BCUT2D eigenvalue weighted by molar-refractivity contribution is 9.10. The first kappa shape index (κ1) is 12.8. The van der Waals surface area contributed by atoms with Crippen molar-refractivity contribution in [2.24, 2.45) is 10.7 Å². The molecular weight excluding hydrogens is 301 g/mol. The van der Waals surface area contributed by atoms with E-state index in [9.17, 15) is 9.18 Å². The number of hydrogen-bond acceptors (Lipinski definition) is 2. The molecule has 1 aromatic rings. The smallest absolute Gasteiger partial charge is 0.346 e. The number of urea groups is 1. The van der Waals surface area contributed by atoms with Gasteiger partial charge < -0.3 is 10.6 Å². The summed E-state index contributed by atoms with van der Waals surface area (Å²) in [5, 5.41) is 0. The third-order valence-corrected chi connectivity index (χ3v) is 3.36. The second kappa shape index (κ2) is 4.89. The Labute approximate surface area is 112 Å². The minimum absolute atomic E-state index is 0.160. The fourth-order valence-corrected chi connectivity index (χ4v) is 2.34. The van der Waals surface area contributed by atoms with E-state index in [1.165, 1.54) is 17.0 Å². The van der Waals surface area contributed by atoms with E-state index in [1.54, 1.807) is 12.1 Å². The third-order valence-electron chi connectivity index (χ3n) is 2.64. The summed E-state index contributed by atoms with van der Waals surface area (Å²) >= 11 is 3.33. The van der Waals surface area contributed by atoms with E-state index >= 15 is 0 Å². The van der Waals surface area contributed by atoms with E-state index in [-0.39, 0.29) is 11.7 Å². The van der Waals surface area contributed by atoms with Crippen molar-refractivity contribution in [3.63, 3.8) is 0 Å². The largest absolute Gasteiger partial charge is 0.385 e. The number of rotatable bonds is 3. The Balaban J connectivity index is 2.47. The number of nitrogens with two attached hydrogens (primary N) is 1. The SMILES string of the molecule is C=CCN1C(=O)N=C(N)C1c1cc(F)ccc1Br. The molecule has 94 valence electrons. The average Bonchev–Trinajstić information content (AvgIpc) is 2.58. The van der Waals surface area contributed by atoms with Crippen LogP contribution >= 0.6 is 15.9 Å². The normalized spacial score (nSPS) is 19.0. The number of nitrogens with zero attached hydrogens (tertiary/aromatic N) is 2. The van der Waals surface area contributed by atoms with Gasteiger partial charge in [-0.25, -0.2) is 9.18 Å². The van der Waals surface area contributed by atoms with Crippen LogP contribution in [0.4, 0.5) is 9.18 Å². The highest BCUT2D eigenvalue weighted by Crippen LogP contribution is 2.32. The van der Waals surface area contributed by atoms with Crippen LogP contribution in [0.15, 0.2) is 40.3 Å². The molecule has 0 saturated heterocycles. The molecular formula is C12H11BrFN3O. The zero-order chi connectivity index (χ0) is 13.3. The first-order valence-corrected chi connectivity index (χ1v) is 6.04. The van der Waals surface area contributed by atoms with Crippen molar-refractivity contribution in [3.8, 4) is 0 Å². The second-order valence-corrected chi connectivity index (χ2v) is 4.68. The van der Waals surface area contributed by atoms with Gasteiger partial charge in [0.2, 0.25) is 0 Å². The molecule has 1 unspecified atom stereocenters. The Kier molecular flexibility index (Phi) is 3.47. The maximum atomic E-state index is 13.3. The predicted molar refractivity (Wildman–Crippen MR) is 70.8 cm³/mol. The molecule has 0 bridgehead atoms. The number of aliphatic imine (C=N–C) groups is 1. The van der Waals surface area contributed by atoms with Crippen molar-refractivity contribution in [2.45, 2.75) is 6.04 Å². The summed E-state index contributed by atoms with van der Waals surface area (Å²) in [5.41, 5.74) is 6.32. The Hall–Kier alpha value is -1.69. The van der Waals surface area contributed by atoms with E-state index in [4.69, 9.17) is 5.73 Å². The number of carbonyl (C=O) groups is 1. The third kappa shape index (κ3) is 2.15. The summed E-state index contributed by atoms with van der Waals surface area (Å²) in [6, 6.07) is 3.25. The van der Waals surface area contributed by atoms with E-state index < -0.39 is 12.1 Å². The van der Waals surface area contributed by atoms with Crippen molar-refractivity contribution in [3.05, 3.63) is 46.7 Å². The molecule has 1 atom stereocenters. The van der Waals surface area contributed by atoms with Crippen molar-refractivity contribution in [1.82, 2.24) is 4.90 Å². The summed E-state index contributed by atoms with van der Waals surface area (Å²) in [4.78, 5) is 16.8. The molecule has 0 saturated carbocycles. The summed E-state index contributed by atoms with van der Waals surface area (Å²) in [6.07, 6.45) is 1.58. The number of carbonyl (C=O) groups excluding carboxylic acids is 1. The van der Waals surface area contributed by atoms with E-state index in [0.717, 1.165) is 0 Å². The summed E-state index contributed by atoms with van der Waals surface area (Å²) in [5.74, 6) is -0.230. The minimum Gasteiger partial charge on any atom is -0.385 e. The molecule has 0 aromatic heterocycles. The van der Waals surface area contributed by atoms with Gasteiger partial charge in [-0.2, -0.15) is 4.99 Å². The van der Waals surface area contributed by atoms with Crippen molar-refractivity contribution >= 4 is 27.8 Å². The minimum atomic E-state index is -0.555. The first-order chi connectivity index (χ1) is 8.54. The van der Waals surface area contributed by atoms with Gasteiger partial charge in [0.15, 0.2) is 0 Å². The van der Waals surface area contributed by atoms with Crippen LogP contribution in [0.3, 0.4) is 0 Å². The van der Waals surface area contributed by atoms with E-state index in [2.05, 4.69) is 27.5 Å². The number of amides is 2. The van der Waals surface area contributed by atoms with E-state index in [0.29, 0.717) is 16.6 Å². The molecule has 0 fully saturated rings. The molecule has 4 nitrogen and oxygen atoms in total. The Morgan fingerprint density at radius 2 is 2.33 bits per heavy atom. The van der Waals surface area contributed by atoms with Gasteiger partial charge in [-0.3, -0.25) is 0 Å². The molecule has 2 rings (SSSR count). The fraction of sp³-hybridized carbons (Fsp3) is 0.167. The number of halogens is 2. The zero-order valence-electron chi connectivity index (χ0n) is 9.44. The number of hydrogen-bond donors (Lipinski definition) is 1. The van der Waals surface area contributed by atoms with Crippen LogP contribution in [0.2, 0.25) is 0 Å². The molecule has 18 heavy (non-hydrogen) atoms. The maximum absolute atomic E-state index is 13.3. The van der Waals surface area contributed by atoms with Crippen LogP contribution < -0.4 is 5.73 Å². The van der Waals surface area contributed by atoms with Crippen LogP contribution in [0.5, 0.6) is 0 Å². The van der Waals surface area contributed by atoms with Gasteiger partial charge in [0.05, 0.1) is 0 Å². The van der Waals surface area contributed by atoms with E-state index in [1.807, 2.05) is 0 Å². The molecule has 1 aromatic carbocycles. The topological polar surface area (TPSA) is 58.7 Å². The monoisotopic (exact) mass is 311 g/mol. The fourth-order valence-electron chi connectivity index (χ4n) is 1.88. The summed E-state index contributed by atoms with van der Waals surface area (Å²) in [7, 11) is 0. The van der Waals surface area contributed by atoms with Gasteiger partial charge in [0, 0.05) is 11.0 Å². The molecule has 2 amide bonds. The van der Waals surface area contributed by atoms with Crippen LogP contribution in [0, 0.1) is 5.82 Å². The summed E-state index contributed by atoms with van der Waals surface area (Å²) in [6.45, 7) is 3.88. The lowest BCUT2D eigenvalue weighted by atomic mass is 10.1. The van der Waals surface area contributed by atoms with Gasteiger partial charge >= 0.3 is 6.03 Å². The molecule has 0 spiro atoms. The molecule has 1 heterocycles. The van der Waals surface area contributed by atoms with Crippen molar-refractivity contribution in [2.75, 3.05) is 6.54 Å². The van der Waals surface area contributed by atoms with Crippen molar-refractivity contribution in [1.29, 1.82) is 0 Å². The van der Waals surface area contributed by atoms with Gasteiger partial charge in [0.25, 0.3) is 0 Å². The Bertz CT molecular complexity index is 544. The predicted octanol–water partition coefficient (Wildman–Crippen LogP) is 2.61. The van der Waals surface area contributed by atoms with Gasteiger partial charge in [-0.1, -0.05) is 22.0 Å². The molecule has 1 aliphatic heterocycles. The first-order valence-electron chi connectivity index (χ1n) is 5.25. The van der Waals surface area contributed by atoms with Gasteiger partial charge in [-0.15, -0.1) is 6.58 Å². The summed E-state index contributed by atoms with van der Waals surface area (Å²) < 4.78 is 14.0. The van der Waals surface area contributed by atoms with Gasteiger partial charge in [-0.05, 0) is 23.8 Å². The van der Waals surface area contributed by atoms with Crippen LogP contribution in [-0.2, 0) is 0 Å². The molecule has 0 radical (unpaired) electrons.